The van der Waals surface area contributed by atoms with Gasteiger partial charge in [0.15, 0.2) is 0 Å². The van der Waals surface area contributed by atoms with Gasteiger partial charge in [-0.25, -0.2) is 0 Å². The highest BCUT2D eigenvalue weighted by Gasteiger charge is 2.37. The molecule has 4 rings (SSSR count). The van der Waals surface area contributed by atoms with Gasteiger partial charge < -0.3 is 4.90 Å². The Bertz CT molecular complexity index is 990. The predicted octanol–water partition coefficient (Wildman–Crippen LogP) is 3.93. The summed E-state index contributed by atoms with van der Waals surface area (Å²) in [6, 6.07) is 10.4. The molecule has 0 spiro atoms. The summed E-state index contributed by atoms with van der Waals surface area (Å²) in [5.41, 5.74) is -1.78. The highest BCUT2D eigenvalue weighted by atomic mass is 32.2. The van der Waals surface area contributed by atoms with Gasteiger partial charge in [0.05, 0.1) is 6.67 Å². The van der Waals surface area contributed by atoms with Crippen molar-refractivity contribution in [2.75, 3.05) is 18.1 Å². The molecule has 30 heavy (non-hydrogen) atoms. The third-order valence-corrected chi connectivity index (χ3v) is 5.72. The van der Waals surface area contributed by atoms with Crippen LogP contribution >= 0.6 is 11.8 Å². The van der Waals surface area contributed by atoms with Crippen LogP contribution in [0.15, 0.2) is 47.5 Å². The maximum Gasteiger partial charge on any atom is 0.446 e. The molecule has 1 N–H and O–H groups in total. The molecule has 0 amide bonds. The number of thioether (sulfide) groups is 1. The van der Waals surface area contributed by atoms with Crippen molar-refractivity contribution in [2.24, 2.45) is 0 Å². The number of rotatable bonds is 5. The third-order valence-electron chi connectivity index (χ3n) is 4.98. The van der Waals surface area contributed by atoms with Crippen molar-refractivity contribution >= 4 is 17.4 Å². The first kappa shape index (κ1) is 20.6. The lowest BCUT2D eigenvalue weighted by Gasteiger charge is -2.29. The van der Waals surface area contributed by atoms with Crippen LogP contribution in [-0.4, -0.2) is 54.8 Å². The second-order valence-corrected chi connectivity index (χ2v) is 8.81. The van der Waals surface area contributed by atoms with Gasteiger partial charge in [-0.05, 0) is 72.8 Å². The van der Waals surface area contributed by atoms with Crippen molar-refractivity contribution < 1.29 is 13.2 Å². The van der Waals surface area contributed by atoms with Gasteiger partial charge in [-0.3, -0.25) is 9.88 Å². The molecule has 3 heterocycles. The number of hydrogen-bond donors (Lipinski definition) is 1. The Morgan fingerprint density at radius 2 is 1.93 bits per heavy atom. The number of nitrogens with zero attached hydrogens (tertiary/aromatic N) is 6. The summed E-state index contributed by atoms with van der Waals surface area (Å²) in [6.07, 6.45) is 1.72. The van der Waals surface area contributed by atoms with Crippen molar-refractivity contribution in [2.45, 2.75) is 36.3 Å². The van der Waals surface area contributed by atoms with E-state index < -0.39 is 5.51 Å². The van der Waals surface area contributed by atoms with Gasteiger partial charge in [-0.15, -0.1) is 10.2 Å². The molecule has 2 aromatic heterocycles. The molecule has 0 saturated carbocycles. The van der Waals surface area contributed by atoms with E-state index in [0.717, 1.165) is 17.8 Å². The highest BCUT2D eigenvalue weighted by Crippen LogP contribution is 2.38. The summed E-state index contributed by atoms with van der Waals surface area (Å²) in [5, 5.41) is 13.9. The molecule has 1 saturated heterocycles. The molecule has 11 heteroatoms. The lowest BCUT2D eigenvalue weighted by molar-refractivity contribution is -0.0328. The van der Waals surface area contributed by atoms with Crippen LogP contribution in [0.5, 0.6) is 0 Å². The molecule has 1 aliphatic rings. The Morgan fingerprint density at radius 1 is 1.17 bits per heavy atom. The minimum Gasteiger partial charge on any atom is -0.357 e. The number of aromatic nitrogens is 5. The molecule has 0 bridgehead atoms. The second-order valence-electron chi connectivity index (χ2n) is 7.68. The Labute approximate surface area is 175 Å². The van der Waals surface area contributed by atoms with Crippen molar-refractivity contribution in [1.82, 2.24) is 30.5 Å². The summed E-state index contributed by atoms with van der Waals surface area (Å²) in [4.78, 5) is 8.97. The summed E-state index contributed by atoms with van der Waals surface area (Å²) in [6.45, 7) is 6.43. The maximum atomic E-state index is 12.5. The van der Waals surface area contributed by atoms with Gasteiger partial charge in [0, 0.05) is 35.4 Å². The second kappa shape index (κ2) is 7.88. The summed E-state index contributed by atoms with van der Waals surface area (Å²) < 4.78 is 37.6. The van der Waals surface area contributed by atoms with Gasteiger partial charge in [-0.1, -0.05) is 0 Å². The molecule has 7 nitrogen and oxygen atoms in total. The zero-order chi connectivity index (χ0) is 21.4. The van der Waals surface area contributed by atoms with E-state index in [2.05, 4.69) is 49.3 Å². The molecule has 158 valence electrons. The van der Waals surface area contributed by atoms with E-state index in [1.54, 1.807) is 18.3 Å². The molecular weight excluding hydrogens is 415 g/mol. The smallest absolute Gasteiger partial charge is 0.357 e. The van der Waals surface area contributed by atoms with Gasteiger partial charge in [-0.2, -0.15) is 18.4 Å². The lowest BCUT2D eigenvalue weighted by atomic mass is 10.0. The van der Waals surface area contributed by atoms with Crippen LogP contribution in [0.4, 0.5) is 18.9 Å². The molecule has 1 aromatic carbocycles. The Balaban J connectivity index is 1.47. The number of pyridine rings is 1. The van der Waals surface area contributed by atoms with Crippen LogP contribution in [-0.2, 0) is 6.54 Å². The average molecular weight is 435 g/mol. The van der Waals surface area contributed by atoms with Crippen LogP contribution in [0.25, 0.3) is 11.5 Å². The fraction of sp³-hybridized carbons (Fsp3) is 0.368. The number of tetrazole rings is 1. The van der Waals surface area contributed by atoms with Crippen molar-refractivity contribution in [3.63, 3.8) is 0 Å². The first-order valence-corrected chi connectivity index (χ1v) is 10.1. The van der Waals surface area contributed by atoms with Crippen molar-refractivity contribution in [3.8, 4) is 11.5 Å². The molecule has 0 aliphatic carbocycles. The zero-order valence-corrected chi connectivity index (χ0v) is 17.2. The van der Waals surface area contributed by atoms with E-state index in [1.807, 2.05) is 12.1 Å². The summed E-state index contributed by atoms with van der Waals surface area (Å²) in [5.74, 6) is 0.441. The van der Waals surface area contributed by atoms with E-state index >= 15 is 0 Å². The van der Waals surface area contributed by atoms with Crippen LogP contribution in [0, 0.1) is 0 Å². The molecule has 1 fully saturated rings. The molecule has 1 aliphatic heterocycles. The minimum atomic E-state index is -4.28. The van der Waals surface area contributed by atoms with E-state index in [-0.39, 0.29) is 22.2 Å². The van der Waals surface area contributed by atoms with E-state index in [4.69, 9.17) is 0 Å². The number of aromatic amines is 1. The number of nitrogens with one attached hydrogen (secondary N) is 1. The van der Waals surface area contributed by atoms with E-state index in [9.17, 15) is 13.2 Å². The number of anilines is 1. The lowest BCUT2D eigenvalue weighted by Crippen LogP contribution is -2.39. The topological polar surface area (TPSA) is 73.8 Å². The van der Waals surface area contributed by atoms with Crippen LogP contribution < -0.4 is 4.90 Å². The molecular formula is C19H20F3N7S. The minimum absolute atomic E-state index is 0.0975. The number of alkyl halides is 3. The largest absolute Gasteiger partial charge is 0.446 e. The molecule has 0 atom stereocenters. The fourth-order valence-corrected chi connectivity index (χ4v) is 4.04. The SMILES string of the molecule is CC1(C)CN(c2ccc(SC(F)(F)F)cc2)CN1Cc1ccnc(-c2nn[nH]n2)c1. The third kappa shape index (κ3) is 4.73. The Morgan fingerprint density at radius 3 is 2.60 bits per heavy atom. The Kier molecular flexibility index (Phi) is 5.41. The van der Waals surface area contributed by atoms with Crippen LogP contribution in [0.1, 0.15) is 19.4 Å². The number of hydrogen-bond acceptors (Lipinski definition) is 7. The van der Waals surface area contributed by atoms with Gasteiger partial charge >= 0.3 is 5.51 Å². The first-order chi connectivity index (χ1) is 14.2. The monoisotopic (exact) mass is 435 g/mol. The molecule has 3 aromatic rings. The molecule has 0 radical (unpaired) electrons. The van der Waals surface area contributed by atoms with Gasteiger partial charge in [0.1, 0.15) is 5.69 Å². The highest BCUT2D eigenvalue weighted by molar-refractivity contribution is 8.00. The van der Waals surface area contributed by atoms with Crippen LogP contribution in [0.2, 0.25) is 0 Å². The van der Waals surface area contributed by atoms with E-state index in [0.29, 0.717) is 24.7 Å². The first-order valence-electron chi connectivity index (χ1n) is 9.24. The van der Waals surface area contributed by atoms with Crippen molar-refractivity contribution in [3.05, 3.63) is 48.2 Å². The van der Waals surface area contributed by atoms with E-state index in [1.165, 1.54) is 12.1 Å². The standard InChI is InChI=1S/C19H20F3N7S/c1-18(2)11-28(14-3-5-15(6-4-14)30-19(20,21)22)12-29(18)10-13-7-8-23-16(9-13)17-24-26-27-25-17/h3-9H,10-12H2,1-2H3,(H,24,25,26,27). The zero-order valence-electron chi connectivity index (χ0n) is 16.4. The fourth-order valence-electron chi connectivity index (χ4n) is 3.50. The quantitative estimate of drug-likeness (QED) is 0.609. The Hall–Kier alpha value is -2.66. The van der Waals surface area contributed by atoms with Gasteiger partial charge in [0.2, 0.25) is 5.82 Å². The summed E-state index contributed by atoms with van der Waals surface area (Å²) >= 11 is -0.0975. The normalized spacial score (nSPS) is 16.9. The van der Waals surface area contributed by atoms with Gasteiger partial charge in [0.25, 0.3) is 0 Å². The molecule has 0 unspecified atom stereocenters. The number of H-pyrrole nitrogens is 1. The number of halogens is 3. The maximum absolute atomic E-state index is 12.5. The van der Waals surface area contributed by atoms with Crippen molar-refractivity contribution in [1.29, 1.82) is 0 Å². The summed E-state index contributed by atoms with van der Waals surface area (Å²) in [7, 11) is 0. The average Bonchev–Trinajstić information content (AvgIpc) is 3.30. The van der Waals surface area contributed by atoms with Crippen LogP contribution in [0.3, 0.4) is 0 Å². The predicted molar refractivity (Wildman–Crippen MR) is 108 cm³/mol. The number of benzene rings is 1.